The maximum Gasteiger partial charge on any atom is 0.225 e. The number of nitrogens with zero attached hydrogens (tertiary/aromatic N) is 3. The minimum absolute atomic E-state index is 0.0432. The summed E-state index contributed by atoms with van der Waals surface area (Å²) in [6, 6.07) is 8.88. The molecule has 6 nitrogen and oxygen atoms in total. The van der Waals surface area contributed by atoms with Crippen molar-refractivity contribution in [2.45, 2.75) is 25.3 Å². The molecule has 1 atom stereocenters. The van der Waals surface area contributed by atoms with Gasteiger partial charge in [0.25, 0.3) is 0 Å². The molecular formula is C19H27N3O3S. The number of piperazine rings is 1. The summed E-state index contributed by atoms with van der Waals surface area (Å²) in [5.41, 5.74) is 2.77. The fourth-order valence-corrected chi connectivity index (χ4v) is 5.50. The summed E-state index contributed by atoms with van der Waals surface area (Å²) in [4.78, 5) is 17.6. The number of rotatable bonds is 2. The van der Waals surface area contributed by atoms with Gasteiger partial charge in [0.1, 0.15) is 0 Å². The molecule has 0 bridgehead atoms. The molecule has 4 rings (SSSR count). The lowest BCUT2D eigenvalue weighted by Crippen LogP contribution is -2.54. The number of amides is 1. The Kier molecular flexibility index (Phi) is 4.79. The molecule has 0 spiro atoms. The van der Waals surface area contributed by atoms with E-state index in [1.54, 1.807) is 0 Å². The van der Waals surface area contributed by atoms with Gasteiger partial charge < -0.3 is 4.90 Å². The molecule has 3 aliphatic rings. The van der Waals surface area contributed by atoms with Gasteiger partial charge in [-0.25, -0.2) is 12.7 Å². The van der Waals surface area contributed by atoms with E-state index in [4.69, 9.17) is 0 Å². The molecule has 0 N–H and O–H groups in total. The second-order valence-corrected chi connectivity index (χ2v) is 9.70. The van der Waals surface area contributed by atoms with Crippen LogP contribution in [0.1, 0.15) is 30.0 Å². The Morgan fingerprint density at radius 3 is 2.50 bits per heavy atom. The van der Waals surface area contributed by atoms with Gasteiger partial charge in [0.15, 0.2) is 0 Å². The Morgan fingerprint density at radius 1 is 1.04 bits per heavy atom. The highest BCUT2D eigenvalue weighted by molar-refractivity contribution is 7.88. The number of carbonyl (C=O) groups excluding carboxylic acids is 1. The van der Waals surface area contributed by atoms with Crippen LogP contribution in [-0.4, -0.2) is 74.0 Å². The van der Waals surface area contributed by atoms with Gasteiger partial charge in [0.2, 0.25) is 15.9 Å². The van der Waals surface area contributed by atoms with Crippen LogP contribution in [0.5, 0.6) is 0 Å². The number of fused-ring (bicyclic) bond motifs is 3. The lowest BCUT2D eigenvalue weighted by molar-refractivity contribution is -0.140. The van der Waals surface area contributed by atoms with Crippen LogP contribution < -0.4 is 0 Å². The topological polar surface area (TPSA) is 60.9 Å². The molecule has 1 aromatic carbocycles. The summed E-state index contributed by atoms with van der Waals surface area (Å²) in [6.07, 6.45) is 3.60. The van der Waals surface area contributed by atoms with E-state index in [0.29, 0.717) is 32.0 Å². The normalized spacial score (nSPS) is 25.6. The highest BCUT2D eigenvalue weighted by Gasteiger charge is 2.37. The Morgan fingerprint density at radius 2 is 1.77 bits per heavy atom. The van der Waals surface area contributed by atoms with Crippen LogP contribution in [0.15, 0.2) is 24.3 Å². The predicted molar refractivity (Wildman–Crippen MR) is 100 cm³/mol. The van der Waals surface area contributed by atoms with Crippen molar-refractivity contribution in [1.29, 1.82) is 0 Å². The van der Waals surface area contributed by atoms with Crippen molar-refractivity contribution >= 4 is 15.9 Å². The van der Waals surface area contributed by atoms with Crippen LogP contribution in [0.3, 0.4) is 0 Å². The number of benzene rings is 1. The van der Waals surface area contributed by atoms with Crippen LogP contribution in [0.2, 0.25) is 0 Å². The molecule has 2 fully saturated rings. The molecule has 3 heterocycles. The number of sulfonamides is 1. The molecule has 142 valence electrons. The third-order valence-electron chi connectivity index (χ3n) is 6.16. The van der Waals surface area contributed by atoms with E-state index < -0.39 is 10.0 Å². The summed E-state index contributed by atoms with van der Waals surface area (Å²) < 4.78 is 24.8. The van der Waals surface area contributed by atoms with Crippen molar-refractivity contribution in [3.05, 3.63) is 35.4 Å². The van der Waals surface area contributed by atoms with E-state index in [1.165, 1.54) is 21.7 Å². The third-order valence-corrected chi connectivity index (χ3v) is 7.46. The zero-order valence-corrected chi connectivity index (χ0v) is 16.1. The van der Waals surface area contributed by atoms with Crippen LogP contribution >= 0.6 is 0 Å². The number of hydrogen-bond acceptors (Lipinski definition) is 4. The van der Waals surface area contributed by atoms with Crippen molar-refractivity contribution in [3.63, 3.8) is 0 Å². The van der Waals surface area contributed by atoms with Crippen molar-refractivity contribution in [2.75, 3.05) is 45.5 Å². The van der Waals surface area contributed by atoms with Gasteiger partial charge in [-0.05, 0) is 30.4 Å². The van der Waals surface area contributed by atoms with Gasteiger partial charge in [0.05, 0.1) is 12.3 Å². The number of piperidine rings is 1. The molecule has 3 aliphatic heterocycles. The molecule has 0 saturated carbocycles. The van der Waals surface area contributed by atoms with E-state index in [0.717, 1.165) is 32.6 Å². The second-order valence-electron chi connectivity index (χ2n) is 7.72. The number of hydrogen-bond donors (Lipinski definition) is 0. The fourth-order valence-electron chi connectivity index (χ4n) is 4.63. The summed E-state index contributed by atoms with van der Waals surface area (Å²) in [5.74, 6) is 0.166. The average molecular weight is 378 g/mol. The van der Waals surface area contributed by atoms with Crippen LogP contribution in [0, 0.1) is 5.92 Å². The first-order chi connectivity index (χ1) is 12.4. The zero-order chi connectivity index (χ0) is 18.3. The summed E-state index contributed by atoms with van der Waals surface area (Å²) in [7, 11) is -3.15. The van der Waals surface area contributed by atoms with Crippen molar-refractivity contribution < 1.29 is 13.2 Å². The molecular weight excluding hydrogens is 350 g/mol. The van der Waals surface area contributed by atoms with Crippen molar-refractivity contribution in [2.24, 2.45) is 5.92 Å². The Labute approximate surface area is 155 Å². The van der Waals surface area contributed by atoms with E-state index >= 15 is 0 Å². The highest BCUT2D eigenvalue weighted by atomic mass is 32.2. The quantitative estimate of drug-likeness (QED) is 0.774. The summed E-state index contributed by atoms with van der Waals surface area (Å²) in [5, 5.41) is 0. The van der Waals surface area contributed by atoms with Gasteiger partial charge >= 0.3 is 0 Å². The van der Waals surface area contributed by atoms with Gasteiger partial charge in [-0.15, -0.1) is 0 Å². The van der Waals surface area contributed by atoms with Crippen LogP contribution in [0.25, 0.3) is 0 Å². The molecule has 0 aliphatic carbocycles. The first kappa shape index (κ1) is 17.9. The Bertz CT molecular complexity index is 787. The third kappa shape index (κ3) is 3.40. The minimum Gasteiger partial charge on any atom is -0.339 e. The fraction of sp³-hybridized carbons (Fsp3) is 0.632. The van der Waals surface area contributed by atoms with E-state index in [2.05, 4.69) is 29.2 Å². The van der Waals surface area contributed by atoms with Gasteiger partial charge in [-0.3, -0.25) is 9.69 Å². The Hall–Kier alpha value is -1.44. The average Bonchev–Trinajstić information content (AvgIpc) is 2.66. The molecule has 0 radical (unpaired) electrons. The SMILES string of the molecule is CS(=O)(=O)N1CCC(C(=O)N2CCN3CCc4ccccc4C3C2)CC1. The van der Waals surface area contributed by atoms with Gasteiger partial charge in [-0.1, -0.05) is 24.3 Å². The van der Waals surface area contributed by atoms with Crippen molar-refractivity contribution in [3.8, 4) is 0 Å². The van der Waals surface area contributed by atoms with E-state index in [-0.39, 0.29) is 11.8 Å². The molecule has 1 unspecified atom stereocenters. The molecule has 1 amide bonds. The summed E-state index contributed by atoms with van der Waals surface area (Å²) >= 11 is 0. The smallest absolute Gasteiger partial charge is 0.225 e. The monoisotopic (exact) mass is 377 g/mol. The van der Waals surface area contributed by atoms with Crippen LogP contribution in [-0.2, 0) is 21.2 Å². The maximum absolute atomic E-state index is 13.0. The Balaban J connectivity index is 1.43. The molecule has 2 saturated heterocycles. The second kappa shape index (κ2) is 6.94. The standard InChI is InChI=1S/C19H27N3O3S/c1-26(24,25)22-10-7-16(8-11-22)19(23)21-13-12-20-9-6-15-4-2-3-5-17(15)18(20)14-21/h2-5,16,18H,6-14H2,1H3. The lowest BCUT2D eigenvalue weighted by atomic mass is 9.90. The first-order valence-corrected chi connectivity index (χ1v) is 11.3. The van der Waals surface area contributed by atoms with Crippen molar-refractivity contribution in [1.82, 2.24) is 14.1 Å². The van der Waals surface area contributed by atoms with E-state index in [1.807, 2.05) is 4.90 Å². The summed E-state index contributed by atoms with van der Waals surface area (Å²) in [6.45, 7) is 4.44. The van der Waals surface area contributed by atoms with Gasteiger partial charge in [0, 0.05) is 45.2 Å². The van der Waals surface area contributed by atoms with Crippen LogP contribution in [0.4, 0.5) is 0 Å². The minimum atomic E-state index is -3.15. The predicted octanol–water partition coefficient (Wildman–Crippen LogP) is 1.10. The highest BCUT2D eigenvalue weighted by Crippen LogP contribution is 2.33. The first-order valence-electron chi connectivity index (χ1n) is 9.49. The molecule has 7 heteroatoms. The molecule has 1 aromatic rings. The number of carbonyl (C=O) groups is 1. The zero-order valence-electron chi connectivity index (χ0n) is 15.3. The largest absolute Gasteiger partial charge is 0.339 e. The molecule has 26 heavy (non-hydrogen) atoms. The van der Waals surface area contributed by atoms with Gasteiger partial charge in [-0.2, -0.15) is 0 Å². The maximum atomic E-state index is 13.0. The lowest BCUT2D eigenvalue weighted by Gasteiger charge is -2.46. The van der Waals surface area contributed by atoms with E-state index in [9.17, 15) is 13.2 Å². The molecule has 0 aromatic heterocycles.